The zero-order chi connectivity index (χ0) is 8.97. The van der Waals surface area contributed by atoms with E-state index in [0.29, 0.717) is 11.7 Å². The molecule has 0 radical (unpaired) electrons. The highest BCUT2D eigenvalue weighted by Gasteiger charge is 2.11. The third-order valence-corrected chi connectivity index (χ3v) is 1.81. The lowest BCUT2D eigenvalue weighted by Crippen LogP contribution is -2.02. The van der Waals surface area contributed by atoms with Crippen LogP contribution in [0.1, 0.15) is 37.4 Å². The Kier molecular flexibility index (Phi) is 3.22. The van der Waals surface area contributed by atoms with Gasteiger partial charge in [0.1, 0.15) is 0 Å². The molecule has 0 aliphatic rings. The molecule has 1 aromatic heterocycles. The summed E-state index contributed by atoms with van der Waals surface area (Å²) < 4.78 is 5.02. The van der Waals surface area contributed by atoms with Gasteiger partial charge in [0.25, 0.3) is 0 Å². The Hall–Kier alpha value is -0.900. The second-order valence-electron chi connectivity index (χ2n) is 3.01. The monoisotopic (exact) mass is 169 g/mol. The molecule has 0 saturated heterocycles. The number of aryl methyl sites for hydroxylation is 1. The second kappa shape index (κ2) is 4.21. The van der Waals surface area contributed by atoms with Crippen LogP contribution in [0.5, 0.6) is 0 Å². The molecule has 12 heavy (non-hydrogen) atoms. The summed E-state index contributed by atoms with van der Waals surface area (Å²) in [5.74, 6) is 1.75. The van der Waals surface area contributed by atoms with E-state index in [-0.39, 0.29) is 0 Å². The Bertz CT molecular complexity index is 234. The summed E-state index contributed by atoms with van der Waals surface area (Å²) in [7, 11) is 0. The molecule has 2 N–H and O–H groups in total. The summed E-state index contributed by atoms with van der Waals surface area (Å²) >= 11 is 0. The van der Waals surface area contributed by atoms with Crippen molar-refractivity contribution in [2.75, 3.05) is 6.54 Å². The van der Waals surface area contributed by atoms with Gasteiger partial charge < -0.3 is 10.3 Å². The van der Waals surface area contributed by atoms with Crippen molar-refractivity contribution >= 4 is 0 Å². The van der Waals surface area contributed by atoms with E-state index in [2.05, 4.69) is 17.1 Å². The fraction of sp³-hybridized carbons (Fsp3) is 0.750. The molecule has 0 aliphatic carbocycles. The maximum atomic E-state index is 5.39. The van der Waals surface area contributed by atoms with Gasteiger partial charge in [0.15, 0.2) is 5.82 Å². The quantitative estimate of drug-likeness (QED) is 0.736. The summed E-state index contributed by atoms with van der Waals surface area (Å²) in [5.41, 5.74) is 5.39. The highest BCUT2D eigenvalue weighted by molar-refractivity contribution is 4.90. The van der Waals surface area contributed by atoms with Gasteiger partial charge in [-0.25, -0.2) is 0 Å². The molecular weight excluding hydrogens is 154 g/mol. The van der Waals surface area contributed by atoms with Gasteiger partial charge in [-0.05, 0) is 26.3 Å². The van der Waals surface area contributed by atoms with Crippen molar-refractivity contribution in [3.63, 3.8) is 0 Å². The fourth-order valence-corrected chi connectivity index (χ4v) is 1.06. The molecule has 1 aromatic rings. The first-order valence-corrected chi connectivity index (χ1v) is 4.24. The van der Waals surface area contributed by atoms with Crippen LogP contribution in [0.3, 0.4) is 0 Å². The number of hydrogen-bond acceptors (Lipinski definition) is 4. The van der Waals surface area contributed by atoms with Crippen molar-refractivity contribution in [3.8, 4) is 0 Å². The highest BCUT2D eigenvalue weighted by atomic mass is 16.5. The van der Waals surface area contributed by atoms with E-state index in [1.807, 2.05) is 6.92 Å². The molecule has 0 aromatic carbocycles. The van der Waals surface area contributed by atoms with Crippen molar-refractivity contribution < 1.29 is 4.52 Å². The van der Waals surface area contributed by atoms with Crippen LogP contribution in [0, 0.1) is 6.92 Å². The van der Waals surface area contributed by atoms with Crippen LogP contribution in [-0.4, -0.2) is 16.7 Å². The number of aromatic nitrogens is 2. The zero-order valence-electron chi connectivity index (χ0n) is 7.58. The molecule has 0 amide bonds. The first-order valence-electron chi connectivity index (χ1n) is 4.24. The minimum atomic E-state index is 0.328. The first-order chi connectivity index (χ1) is 5.74. The number of nitrogens with two attached hydrogens (primary N) is 1. The van der Waals surface area contributed by atoms with E-state index in [1.54, 1.807) is 0 Å². The van der Waals surface area contributed by atoms with Gasteiger partial charge in [-0.2, -0.15) is 4.98 Å². The first kappa shape index (κ1) is 9.19. The van der Waals surface area contributed by atoms with Gasteiger partial charge in [-0.3, -0.25) is 0 Å². The summed E-state index contributed by atoms with van der Waals surface area (Å²) in [6.45, 7) is 4.61. The number of hydrogen-bond donors (Lipinski definition) is 1. The van der Waals surface area contributed by atoms with Gasteiger partial charge in [0, 0.05) is 5.92 Å². The molecule has 1 unspecified atom stereocenters. The number of rotatable bonds is 4. The minimum Gasteiger partial charge on any atom is -0.339 e. The van der Waals surface area contributed by atoms with E-state index in [0.717, 1.165) is 25.3 Å². The topological polar surface area (TPSA) is 64.9 Å². The van der Waals surface area contributed by atoms with Crippen molar-refractivity contribution in [3.05, 3.63) is 11.7 Å². The average Bonchev–Trinajstić information content (AvgIpc) is 2.47. The Morgan fingerprint density at radius 2 is 2.33 bits per heavy atom. The normalized spacial score (nSPS) is 13.2. The molecule has 0 fully saturated rings. The van der Waals surface area contributed by atoms with Crippen molar-refractivity contribution in [2.45, 2.75) is 32.6 Å². The average molecular weight is 169 g/mol. The molecule has 0 bridgehead atoms. The van der Waals surface area contributed by atoms with Gasteiger partial charge >= 0.3 is 0 Å². The van der Waals surface area contributed by atoms with Gasteiger partial charge in [-0.1, -0.05) is 12.1 Å². The minimum absolute atomic E-state index is 0.328. The lowest BCUT2D eigenvalue weighted by molar-refractivity contribution is 0.349. The molecule has 0 saturated carbocycles. The van der Waals surface area contributed by atoms with E-state index < -0.39 is 0 Å². The summed E-state index contributed by atoms with van der Waals surface area (Å²) in [5, 5.41) is 3.73. The standard InChI is InChI=1S/C8H15N3O/c1-6(4-3-5-9)8-10-7(2)11-12-8/h6H,3-5,9H2,1-2H3. The Morgan fingerprint density at radius 3 is 2.83 bits per heavy atom. The Morgan fingerprint density at radius 1 is 1.58 bits per heavy atom. The SMILES string of the molecule is Cc1noc(C(C)CCCN)n1. The molecule has 0 spiro atoms. The van der Waals surface area contributed by atoms with Crippen LogP contribution < -0.4 is 5.73 Å². The molecule has 0 aliphatic heterocycles. The third-order valence-electron chi connectivity index (χ3n) is 1.81. The van der Waals surface area contributed by atoms with Crippen LogP contribution in [0.15, 0.2) is 4.52 Å². The lowest BCUT2D eigenvalue weighted by Gasteiger charge is -2.03. The van der Waals surface area contributed by atoms with E-state index in [1.165, 1.54) is 0 Å². The predicted octanol–water partition coefficient (Wildman–Crippen LogP) is 1.22. The van der Waals surface area contributed by atoms with E-state index in [4.69, 9.17) is 10.3 Å². The van der Waals surface area contributed by atoms with Crippen LogP contribution in [0.4, 0.5) is 0 Å². The molecule has 4 heteroatoms. The van der Waals surface area contributed by atoms with Crippen LogP contribution >= 0.6 is 0 Å². The fourth-order valence-electron chi connectivity index (χ4n) is 1.06. The van der Waals surface area contributed by atoms with Crippen LogP contribution in [0.2, 0.25) is 0 Å². The summed E-state index contributed by atoms with van der Waals surface area (Å²) in [6.07, 6.45) is 2.01. The Labute approximate surface area is 72.1 Å². The zero-order valence-corrected chi connectivity index (χ0v) is 7.58. The molecule has 4 nitrogen and oxygen atoms in total. The largest absolute Gasteiger partial charge is 0.339 e. The lowest BCUT2D eigenvalue weighted by atomic mass is 10.1. The number of nitrogens with zero attached hydrogens (tertiary/aromatic N) is 2. The van der Waals surface area contributed by atoms with Crippen molar-refractivity contribution in [1.82, 2.24) is 10.1 Å². The van der Waals surface area contributed by atoms with Gasteiger partial charge in [0.2, 0.25) is 5.89 Å². The molecular formula is C8H15N3O. The summed E-state index contributed by atoms with van der Waals surface area (Å²) in [6, 6.07) is 0. The molecule has 68 valence electrons. The maximum Gasteiger partial charge on any atom is 0.229 e. The molecule has 1 rings (SSSR count). The molecule has 1 heterocycles. The van der Waals surface area contributed by atoms with Crippen LogP contribution in [0.25, 0.3) is 0 Å². The predicted molar refractivity (Wildman–Crippen MR) is 45.7 cm³/mol. The van der Waals surface area contributed by atoms with Gasteiger partial charge in [-0.15, -0.1) is 0 Å². The van der Waals surface area contributed by atoms with Crippen LogP contribution in [-0.2, 0) is 0 Å². The van der Waals surface area contributed by atoms with E-state index >= 15 is 0 Å². The van der Waals surface area contributed by atoms with Crippen molar-refractivity contribution in [1.29, 1.82) is 0 Å². The van der Waals surface area contributed by atoms with Crippen molar-refractivity contribution in [2.24, 2.45) is 5.73 Å². The highest BCUT2D eigenvalue weighted by Crippen LogP contribution is 2.17. The molecule has 1 atom stereocenters. The van der Waals surface area contributed by atoms with E-state index in [9.17, 15) is 0 Å². The smallest absolute Gasteiger partial charge is 0.229 e. The summed E-state index contributed by atoms with van der Waals surface area (Å²) in [4.78, 5) is 4.14. The maximum absolute atomic E-state index is 5.39. The Balaban J connectivity index is 2.47. The second-order valence-corrected chi connectivity index (χ2v) is 3.01. The third kappa shape index (κ3) is 2.30. The van der Waals surface area contributed by atoms with Gasteiger partial charge in [0.05, 0.1) is 0 Å².